The van der Waals surface area contributed by atoms with Gasteiger partial charge in [-0.2, -0.15) is 5.10 Å². The van der Waals surface area contributed by atoms with E-state index in [9.17, 15) is 9.59 Å². The molecule has 1 aromatic carbocycles. The average molecular weight is 450 g/mol. The number of ether oxygens (including phenoxy) is 1. The summed E-state index contributed by atoms with van der Waals surface area (Å²) >= 11 is 0. The van der Waals surface area contributed by atoms with Crippen molar-refractivity contribution in [2.24, 2.45) is 5.92 Å². The largest absolute Gasteiger partial charge is 0.381 e. The smallest absolute Gasteiger partial charge is 0.259 e. The standard InChI is InChI=1S/C25H31N5O3/c1-16-12-22-20(13-19(16)25(32)29-8-6-28(7-9-29)15-17-2-3-17)23-21(24(31)27-22)14-26-30(23)18-4-10-33-11-5-18/h12-14,17-18H,2-11,15H2,1H3,(H,27,31). The second-order valence-corrected chi connectivity index (χ2v) is 9.90. The lowest BCUT2D eigenvalue weighted by Crippen LogP contribution is -2.49. The second-order valence-electron chi connectivity index (χ2n) is 9.90. The zero-order valence-electron chi connectivity index (χ0n) is 19.2. The van der Waals surface area contributed by atoms with Gasteiger partial charge in [0.15, 0.2) is 0 Å². The maximum Gasteiger partial charge on any atom is 0.259 e. The van der Waals surface area contributed by atoms with Gasteiger partial charge in [-0.1, -0.05) is 0 Å². The summed E-state index contributed by atoms with van der Waals surface area (Å²) < 4.78 is 7.51. The fraction of sp³-hybridized carbons (Fsp3) is 0.560. The van der Waals surface area contributed by atoms with E-state index in [0.717, 1.165) is 66.9 Å². The third-order valence-corrected chi connectivity index (χ3v) is 7.55. The molecule has 3 aliphatic rings. The lowest BCUT2D eigenvalue weighted by molar-refractivity contribution is 0.0631. The number of carbonyl (C=O) groups is 1. The maximum atomic E-state index is 13.5. The van der Waals surface area contributed by atoms with E-state index in [1.165, 1.54) is 19.4 Å². The predicted molar refractivity (Wildman–Crippen MR) is 127 cm³/mol. The number of nitrogens with one attached hydrogen (secondary N) is 1. The number of aromatic nitrogens is 3. The van der Waals surface area contributed by atoms with E-state index in [1.54, 1.807) is 6.20 Å². The number of hydrogen-bond acceptors (Lipinski definition) is 5. The molecule has 8 nitrogen and oxygen atoms in total. The van der Waals surface area contributed by atoms with Crippen LogP contribution in [0.5, 0.6) is 0 Å². The van der Waals surface area contributed by atoms with Gasteiger partial charge < -0.3 is 14.6 Å². The molecule has 0 radical (unpaired) electrons. The van der Waals surface area contributed by atoms with Gasteiger partial charge in [-0.05, 0) is 56.2 Å². The van der Waals surface area contributed by atoms with Crippen LogP contribution in [0, 0.1) is 12.8 Å². The molecule has 33 heavy (non-hydrogen) atoms. The molecule has 2 saturated heterocycles. The van der Waals surface area contributed by atoms with Crippen LogP contribution in [-0.4, -0.2) is 76.4 Å². The third kappa shape index (κ3) is 3.85. The first-order chi connectivity index (χ1) is 16.1. The van der Waals surface area contributed by atoms with Crippen molar-refractivity contribution in [1.82, 2.24) is 24.6 Å². The van der Waals surface area contributed by atoms with Crippen LogP contribution in [0.3, 0.4) is 0 Å². The molecule has 1 amide bonds. The lowest BCUT2D eigenvalue weighted by Gasteiger charge is -2.35. The highest BCUT2D eigenvalue weighted by Crippen LogP contribution is 2.31. The van der Waals surface area contributed by atoms with E-state index in [2.05, 4.69) is 15.0 Å². The van der Waals surface area contributed by atoms with Gasteiger partial charge in [0.2, 0.25) is 0 Å². The Hall–Kier alpha value is -2.71. The lowest BCUT2D eigenvalue weighted by atomic mass is 10.0. The highest BCUT2D eigenvalue weighted by atomic mass is 16.5. The SMILES string of the molecule is Cc1cc2[nH]c(=O)c3cnn(C4CCOCC4)c3c2cc1C(=O)N1CCN(CC2CC2)CC1. The quantitative estimate of drug-likeness (QED) is 0.662. The molecule has 1 aliphatic carbocycles. The number of hydrogen-bond donors (Lipinski definition) is 1. The Morgan fingerprint density at radius 2 is 1.85 bits per heavy atom. The highest BCUT2D eigenvalue weighted by Gasteiger charge is 2.29. The van der Waals surface area contributed by atoms with E-state index < -0.39 is 0 Å². The van der Waals surface area contributed by atoms with Crippen molar-refractivity contribution in [3.63, 3.8) is 0 Å². The summed E-state index contributed by atoms with van der Waals surface area (Å²) in [5.74, 6) is 0.956. The van der Waals surface area contributed by atoms with Crippen molar-refractivity contribution in [1.29, 1.82) is 0 Å². The van der Waals surface area contributed by atoms with Gasteiger partial charge in [0.1, 0.15) is 0 Å². The van der Waals surface area contributed by atoms with Crippen LogP contribution in [0.1, 0.15) is 47.6 Å². The number of pyridine rings is 1. The van der Waals surface area contributed by atoms with E-state index >= 15 is 0 Å². The van der Waals surface area contributed by atoms with Gasteiger partial charge in [-0.25, -0.2) is 0 Å². The number of aryl methyl sites for hydroxylation is 1. The number of benzene rings is 1. The molecule has 4 heterocycles. The van der Waals surface area contributed by atoms with E-state index in [0.29, 0.717) is 24.2 Å². The van der Waals surface area contributed by atoms with Crippen LogP contribution < -0.4 is 5.56 Å². The fourth-order valence-corrected chi connectivity index (χ4v) is 5.40. The Labute approximate surface area is 192 Å². The molecular formula is C25H31N5O3. The maximum absolute atomic E-state index is 13.5. The van der Waals surface area contributed by atoms with E-state index in [1.807, 2.05) is 28.6 Å². The minimum absolute atomic E-state index is 0.0805. The van der Waals surface area contributed by atoms with Crippen LogP contribution in [-0.2, 0) is 4.74 Å². The summed E-state index contributed by atoms with van der Waals surface area (Å²) in [5.41, 5.74) is 3.04. The van der Waals surface area contributed by atoms with Gasteiger partial charge in [-0.15, -0.1) is 0 Å². The summed E-state index contributed by atoms with van der Waals surface area (Å²) in [5, 5.41) is 6.05. The molecule has 0 bridgehead atoms. The molecular weight excluding hydrogens is 418 g/mol. The van der Waals surface area contributed by atoms with Gasteiger partial charge in [0.05, 0.1) is 28.7 Å². The molecule has 174 valence electrons. The van der Waals surface area contributed by atoms with Gasteiger partial charge >= 0.3 is 0 Å². The topological polar surface area (TPSA) is 83.5 Å². The van der Waals surface area contributed by atoms with Crippen molar-refractivity contribution in [3.8, 4) is 0 Å². The average Bonchev–Trinajstić information content (AvgIpc) is 3.53. The number of fused-ring (bicyclic) bond motifs is 3. The fourth-order valence-electron chi connectivity index (χ4n) is 5.40. The Balaban J connectivity index is 1.36. The molecule has 0 unspecified atom stereocenters. The molecule has 3 fully saturated rings. The van der Waals surface area contributed by atoms with Crippen molar-refractivity contribution >= 4 is 27.7 Å². The number of aromatic amines is 1. The Morgan fingerprint density at radius 3 is 2.58 bits per heavy atom. The first-order valence-corrected chi connectivity index (χ1v) is 12.2. The number of carbonyl (C=O) groups excluding carboxylic acids is 1. The predicted octanol–water partition coefficient (Wildman–Crippen LogP) is 2.71. The monoisotopic (exact) mass is 449 g/mol. The molecule has 2 aliphatic heterocycles. The van der Waals surface area contributed by atoms with Crippen molar-refractivity contribution in [3.05, 3.63) is 39.8 Å². The first-order valence-electron chi connectivity index (χ1n) is 12.2. The van der Waals surface area contributed by atoms with E-state index in [-0.39, 0.29) is 17.5 Å². The van der Waals surface area contributed by atoms with Crippen LogP contribution in [0.4, 0.5) is 0 Å². The molecule has 8 heteroatoms. The van der Waals surface area contributed by atoms with Crippen molar-refractivity contribution < 1.29 is 9.53 Å². The highest BCUT2D eigenvalue weighted by molar-refractivity contribution is 6.07. The number of nitrogens with zero attached hydrogens (tertiary/aromatic N) is 4. The molecule has 2 aromatic heterocycles. The molecule has 1 N–H and O–H groups in total. The van der Waals surface area contributed by atoms with Gasteiger partial charge in [-0.3, -0.25) is 19.2 Å². The zero-order valence-corrected chi connectivity index (χ0v) is 19.2. The van der Waals surface area contributed by atoms with Crippen LogP contribution >= 0.6 is 0 Å². The minimum atomic E-state index is -0.138. The first kappa shape index (κ1) is 20.9. The normalized spacial score (nSPS) is 20.7. The summed E-state index contributed by atoms with van der Waals surface area (Å²) in [7, 11) is 0. The van der Waals surface area contributed by atoms with Crippen molar-refractivity contribution in [2.75, 3.05) is 45.9 Å². The molecule has 6 rings (SSSR count). The molecule has 0 atom stereocenters. The van der Waals surface area contributed by atoms with Gasteiger partial charge in [0.25, 0.3) is 11.5 Å². The number of piperazine rings is 1. The zero-order chi connectivity index (χ0) is 22.5. The number of H-pyrrole nitrogens is 1. The Morgan fingerprint density at radius 1 is 1.09 bits per heavy atom. The second kappa shape index (κ2) is 8.25. The number of rotatable bonds is 4. The Kier molecular flexibility index (Phi) is 5.22. The minimum Gasteiger partial charge on any atom is -0.381 e. The van der Waals surface area contributed by atoms with Gasteiger partial charge in [0, 0.05) is 56.9 Å². The van der Waals surface area contributed by atoms with Crippen LogP contribution in [0.15, 0.2) is 23.1 Å². The summed E-state index contributed by atoms with van der Waals surface area (Å²) in [6.45, 7) is 7.96. The summed E-state index contributed by atoms with van der Waals surface area (Å²) in [4.78, 5) is 33.8. The number of amides is 1. The van der Waals surface area contributed by atoms with Crippen LogP contribution in [0.2, 0.25) is 0 Å². The molecule has 1 saturated carbocycles. The summed E-state index contributed by atoms with van der Waals surface area (Å²) in [6.07, 6.45) is 6.11. The molecule has 3 aromatic rings. The van der Waals surface area contributed by atoms with Crippen molar-refractivity contribution in [2.45, 2.75) is 38.6 Å². The molecule has 0 spiro atoms. The Bertz CT molecular complexity index is 1260. The van der Waals surface area contributed by atoms with Crippen LogP contribution in [0.25, 0.3) is 21.8 Å². The third-order valence-electron chi connectivity index (χ3n) is 7.55. The van der Waals surface area contributed by atoms with E-state index in [4.69, 9.17) is 4.74 Å². The summed E-state index contributed by atoms with van der Waals surface area (Å²) in [6, 6.07) is 4.11.